The second-order valence-electron chi connectivity index (χ2n) is 7.61. The average Bonchev–Trinajstić information content (AvgIpc) is 2.69. The molecule has 0 spiro atoms. The van der Waals surface area contributed by atoms with E-state index in [0.717, 1.165) is 18.8 Å². The molecule has 0 atom stereocenters. The van der Waals surface area contributed by atoms with Crippen molar-refractivity contribution in [1.82, 2.24) is 9.21 Å². The van der Waals surface area contributed by atoms with Crippen molar-refractivity contribution in [2.45, 2.75) is 56.3 Å². The molecule has 1 saturated carbocycles. The van der Waals surface area contributed by atoms with Gasteiger partial charge in [0.25, 0.3) is 0 Å². The maximum absolute atomic E-state index is 12.8. The molecule has 0 radical (unpaired) electrons. The third kappa shape index (κ3) is 5.24. The summed E-state index contributed by atoms with van der Waals surface area (Å²) in [6.45, 7) is 1.54. The van der Waals surface area contributed by atoms with Crippen molar-refractivity contribution in [1.29, 1.82) is 0 Å². The Morgan fingerprint density at radius 2 is 1.70 bits per heavy atom. The van der Waals surface area contributed by atoms with E-state index in [4.69, 9.17) is 11.6 Å². The number of carbonyl (C=O) groups excluding carboxylic acids is 1. The average molecular weight is 413 g/mol. The lowest BCUT2D eigenvalue weighted by Crippen LogP contribution is -2.50. The third-order valence-corrected chi connectivity index (χ3v) is 8.17. The minimum absolute atomic E-state index is 0.138. The Morgan fingerprint density at radius 3 is 2.37 bits per heavy atom. The van der Waals surface area contributed by atoms with Gasteiger partial charge in [-0.15, -0.1) is 0 Å². The van der Waals surface area contributed by atoms with Crippen LogP contribution in [0.4, 0.5) is 0 Å². The van der Waals surface area contributed by atoms with Crippen LogP contribution >= 0.6 is 11.6 Å². The van der Waals surface area contributed by atoms with Gasteiger partial charge >= 0.3 is 0 Å². The van der Waals surface area contributed by atoms with E-state index in [1.807, 2.05) is 0 Å². The fourth-order valence-corrected chi connectivity index (χ4v) is 6.06. The molecule has 1 amide bonds. The standard InChI is InChI=1S/C20H29ClN2O3S/c21-18-10-4-5-11-19(18)27(25,26)23-15-13-22(14-16-23)20(24)12-6-9-17-7-2-1-3-8-17/h4-5,10-11,17H,1-3,6-9,12-16H2. The first kappa shape index (κ1) is 20.6. The summed E-state index contributed by atoms with van der Waals surface area (Å²) >= 11 is 6.06. The maximum Gasteiger partial charge on any atom is 0.244 e. The van der Waals surface area contributed by atoms with E-state index in [0.29, 0.717) is 32.6 Å². The lowest BCUT2D eigenvalue weighted by Gasteiger charge is -2.34. The van der Waals surface area contributed by atoms with Gasteiger partial charge in [0.05, 0.1) is 5.02 Å². The number of hydrogen-bond acceptors (Lipinski definition) is 3. The Labute approximate surface area is 167 Å². The Balaban J connectivity index is 1.46. The second kappa shape index (κ2) is 9.39. The van der Waals surface area contributed by atoms with Crippen LogP contribution in [0.5, 0.6) is 0 Å². The predicted octanol–water partition coefficient (Wildman–Crippen LogP) is 3.92. The lowest BCUT2D eigenvalue weighted by atomic mass is 9.86. The molecule has 0 N–H and O–H groups in total. The summed E-state index contributed by atoms with van der Waals surface area (Å²) in [5, 5.41) is 0.235. The number of halogens is 1. The van der Waals surface area contributed by atoms with E-state index in [1.165, 1.54) is 42.5 Å². The van der Waals surface area contributed by atoms with Gasteiger partial charge in [0, 0.05) is 32.6 Å². The van der Waals surface area contributed by atoms with Crippen LogP contribution in [0.15, 0.2) is 29.2 Å². The molecular weight excluding hydrogens is 384 g/mol. The zero-order chi connectivity index (χ0) is 19.3. The van der Waals surface area contributed by atoms with Crippen molar-refractivity contribution in [3.05, 3.63) is 29.3 Å². The summed E-state index contributed by atoms with van der Waals surface area (Å²) in [6.07, 6.45) is 9.32. The monoisotopic (exact) mass is 412 g/mol. The van der Waals surface area contributed by atoms with Crippen LogP contribution in [0.2, 0.25) is 5.02 Å². The van der Waals surface area contributed by atoms with E-state index < -0.39 is 10.0 Å². The lowest BCUT2D eigenvalue weighted by molar-refractivity contribution is -0.132. The van der Waals surface area contributed by atoms with Crippen molar-refractivity contribution in [2.75, 3.05) is 26.2 Å². The number of sulfonamides is 1. The number of piperazine rings is 1. The summed E-state index contributed by atoms with van der Waals surface area (Å²) in [4.78, 5) is 14.4. The summed E-state index contributed by atoms with van der Waals surface area (Å²) < 4.78 is 27.0. The highest BCUT2D eigenvalue weighted by atomic mass is 35.5. The van der Waals surface area contributed by atoms with Gasteiger partial charge < -0.3 is 4.90 Å². The van der Waals surface area contributed by atoms with E-state index in [9.17, 15) is 13.2 Å². The first-order chi connectivity index (χ1) is 13.0. The highest BCUT2D eigenvalue weighted by Crippen LogP contribution is 2.28. The molecule has 0 bridgehead atoms. The summed E-state index contributed by atoms with van der Waals surface area (Å²) in [7, 11) is -3.61. The van der Waals surface area contributed by atoms with Crippen LogP contribution in [0.3, 0.4) is 0 Å². The van der Waals surface area contributed by atoms with Crippen molar-refractivity contribution in [3.8, 4) is 0 Å². The van der Waals surface area contributed by atoms with E-state index in [1.54, 1.807) is 23.1 Å². The van der Waals surface area contributed by atoms with Gasteiger partial charge in [0.15, 0.2) is 0 Å². The van der Waals surface area contributed by atoms with Gasteiger partial charge in [-0.3, -0.25) is 4.79 Å². The van der Waals surface area contributed by atoms with Gasteiger partial charge in [0.2, 0.25) is 15.9 Å². The van der Waals surface area contributed by atoms with Crippen molar-refractivity contribution >= 4 is 27.5 Å². The molecule has 1 aliphatic heterocycles. The fourth-order valence-electron chi connectivity index (χ4n) is 4.15. The largest absolute Gasteiger partial charge is 0.340 e. The first-order valence-electron chi connectivity index (χ1n) is 10.0. The number of amides is 1. The molecule has 2 fully saturated rings. The fraction of sp³-hybridized carbons (Fsp3) is 0.650. The van der Waals surface area contributed by atoms with Crippen molar-refractivity contribution in [3.63, 3.8) is 0 Å². The number of carbonyl (C=O) groups is 1. The molecule has 150 valence electrons. The topological polar surface area (TPSA) is 57.7 Å². The van der Waals surface area contributed by atoms with E-state index in [2.05, 4.69) is 0 Å². The van der Waals surface area contributed by atoms with E-state index >= 15 is 0 Å². The van der Waals surface area contributed by atoms with Crippen LogP contribution in [0.1, 0.15) is 51.4 Å². The number of nitrogens with zero attached hydrogens (tertiary/aromatic N) is 2. The van der Waals surface area contributed by atoms with Crippen LogP contribution in [-0.2, 0) is 14.8 Å². The van der Waals surface area contributed by atoms with Crippen molar-refractivity contribution in [2.24, 2.45) is 5.92 Å². The Morgan fingerprint density at radius 1 is 1.04 bits per heavy atom. The Hall–Kier alpha value is -1.11. The molecule has 1 aromatic carbocycles. The Kier molecular flexibility index (Phi) is 7.17. The van der Waals surface area contributed by atoms with Crippen LogP contribution in [0, 0.1) is 5.92 Å². The zero-order valence-electron chi connectivity index (χ0n) is 15.8. The molecule has 7 heteroatoms. The van der Waals surface area contributed by atoms with Crippen LogP contribution in [-0.4, -0.2) is 49.7 Å². The zero-order valence-corrected chi connectivity index (χ0v) is 17.3. The predicted molar refractivity (Wildman–Crippen MR) is 107 cm³/mol. The summed E-state index contributed by atoms with van der Waals surface area (Å²) in [5.41, 5.74) is 0. The van der Waals surface area contributed by atoms with Gasteiger partial charge in [0.1, 0.15) is 4.90 Å². The quantitative estimate of drug-likeness (QED) is 0.711. The minimum Gasteiger partial charge on any atom is -0.340 e. The van der Waals surface area contributed by atoms with E-state index in [-0.39, 0.29) is 15.8 Å². The number of rotatable bonds is 6. The molecule has 2 aliphatic rings. The third-order valence-electron chi connectivity index (χ3n) is 5.77. The van der Waals surface area contributed by atoms with Gasteiger partial charge in [-0.25, -0.2) is 8.42 Å². The molecular formula is C20H29ClN2O3S. The highest BCUT2D eigenvalue weighted by Gasteiger charge is 2.31. The van der Waals surface area contributed by atoms with Gasteiger partial charge in [-0.1, -0.05) is 55.8 Å². The maximum atomic E-state index is 12.8. The number of benzene rings is 1. The minimum atomic E-state index is -3.61. The first-order valence-corrected chi connectivity index (χ1v) is 11.8. The van der Waals surface area contributed by atoms with Gasteiger partial charge in [-0.2, -0.15) is 4.31 Å². The molecule has 1 aromatic rings. The number of hydrogen-bond donors (Lipinski definition) is 0. The van der Waals surface area contributed by atoms with Crippen molar-refractivity contribution < 1.29 is 13.2 Å². The smallest absolute Gasteiger partial charge is 0.244 e. The summed E-state index contributed by atoms with van der Waals surface area (Å²) in [5.74, 6) is 0.949. The molecule has 0 unspecified atom stereocenters. The SMILES string of the molecule is O=C(CCCC1CCCCC1)N1CCN(S(=O)(=O)c2ccccc2Cl)CC1. The van der Waals surface area contributed by atoms with Gasteiger partial charge in [-0.05, 0) is 30.9 Å². The molecule has 1 heterocycles. The molecule has 5 nitrogen and oxygen atoms in total. The molecule has 0 aromatic heterocycles. The highest BCUT2D eigenvalue weighted by molar-refractivity contribution is 7.89. The van der Waals surface area contributed by atoms with Crippen LogP contribution < -0.4 is 0 Å². The molecule has 27 heavy (non-hydrogen) atoms. The summed E-state index contributed by atoms with van der Waals surface area (Å²) in [6, 6.07) is 6.50. The second-order valence-corrected chi connectivity index (χ2v) is 9.93. The molecule has 1 saturated heterocycles. The Bertz CT molecular complexity index is 739. The normalized spacial score (nSPS) is 20.0. The van der Waals surface area contributed by atoms with Crippen LogP contribution in [0.25, 0.3) is 0 Å². The molecule has 1 aliphatic carbocycles. The molecule has 3 rings (SSSR count).